The van der Waals surface area contributed by atoms with Crippen LogP contribution in [0.5, 0.6) is 11.5 Å². The Morgan fingerprint density at radius 3 is 1.45 bits per heavy atom. The summed E-state index contributed by atoms with van der Waals surface area (Å²) >= 11 is 31.1. The molecule has 0 aliphatic rings. The number of anilines is 4. The fourth-order valence-electron chi connectivity index (χ4n) is 6.43. The molecule has 0 aromatic heterocycles. The van der Waals surface area contributed by atoms with E-state index in [1.165, 1.54) is 54.6 Å². The van der Waals surface area contributed by atoms with Crippen LogP contribution in [0.25, 0.3) is 0 Å². The molecular weight excluding hydrogens is 994 g/mol. The number of halogens is 5. The number of para-hydroxylation sites is 2. The fraction of sp³-hybridized carbons (Fsp3) is 0.250. The van der Waals surface area contributed by atoms with Crippen LogP contribution < -0.4 is 30.7 Å². The van der Waals surface area contributed by atoms with Gasteiger partial charge in [0.1, 0.15) is 22.9 Å². The zero-order valence-corrected chi connectivity index (χ0v) is 41.3. The van der Waals surface area contributed by atoms with E-state index in [1.54, 1.807) is 50.2 Å². The van der Waals surface area contributed by atoms with E-state index in [1.807, 2.05) is 0 Å². The molecule has 0 saturated heterocycles. The lowest BCUT2D eigenvalue weighted by atomic mass is 10.1. The number of aryl methyl sites for hydroxylation is 1. The van der Waals surface area contributed by atoms with Crippen molar-refractivity contribution in [1.82, 2.24) is 0 Å². The Hall–Kier alpha value is -6.43. The Morgan fingerprint density at radius 2 is 1.03 bits per heavy atom. The highest BCUT2D eigenvalue weighted by atomic mass is 35.5. The van der Waals surface area contributed by atoms with E-state index in [9.17, 15) is 28.8 Å². The lowest BCUT2D eigenvalue weighted by molar-refractivity contribution is -0.127. The average molecular weight is 1040 g/mol. The maximum Gasteiger partial charge on any atom is 0.258 e. The highest BCUT2D eigenvalue weighted by molar-refractivity contribution is 6.33. The number of nitrogens with zero attached hydrogens (tertiary/aromatic N) is 4. The number of azo groups is 2. The van der Waals surface area contributed by atoms with Gasteiger partial charge in [-0.05, 0) is 118 Å². The SMILES string of the molecule is CCOc1cccc(CCl)c1NC(=O)c1ccc(Cl)c(N=NC(C(C)=O)C(=O)Nc2ccc(NC(=O)C(N=Nc3cc(C(=O)Nc4c(CCl)cccc4OCC)ccc3Cl)C(C)=O)c(CCCl)c2)c1. The van der Waals surface area contributed by atoms with E-state index < -0.39 is 47.3 Å². The van der Waals surface area contributed by atoms with Crippen molar-refractivity contribution in [2.24, 2.45) is 20.5 Å². The van der Waals surface area contributed by atoms with Gasteiger partial charge in [0.25, 0.3) is 23.6 Å². The van der Waals surface area contributed by atoms with Crippen LogP contribution in [0.15, 0.2) is 111 Å². The monoisotopic (exact) mass is 1040 g/mol. The van der Waals surface area contributed by atoms with Crippen molar-refractivity contribution in [3.8, 4) is 11.5 Å². The summed E-state index contributed by atoms with van der Waals surface area (Å²) < 4.78 is 11.3. The van der Waals surface area contributed by atoms with Crippen LogP contribution >= 0.6 is 58.0 Å². The smallest absolute Gasteiger partial charge is 0.258 e. The van der Waals surface area contributed by atoms with E-state index in [0.717, 1.165) is 13.8 Å². The molecule has 4 amide bonds. The maximum absolute atomic E-state index is 13.6. The molecule has 21 heteroatoms. The molecule has 0 heterocycles. The van der Waals surface area contributed by atoms with Crippen molar-refractivity contribution in [3.05, 3.63) is 129 Å². The number of hydrogen-bond donors (Lipinski definition) is 4. The van der Waals surface area contributed by atoms with Crippen molar-refractivity contribution in [2.75, 3.05) is 40.4 Å². The van der Waals surface area contributed by atoms with Gasteiger partial charge in [-0.1, -0.05) is 47.5 Å². The number of carbonyl (C=O) groups excluding carboxylic acids is 6. The van der Waals surface area contributed by atoms with Crippen LogP contribution in [0.4, 0.5) is 34.1 Å². The molecule has 0 saturated carbocycles. The number of amides is 4. The van der Waals surface area contributed by atoms with Crippen LogP contribution in [0.2, 0.25) is 10.0 Å². The molecule has 2 unspecified atom stereocenters. The van der Waals surface area contributed by atoms with Crippen molar-refractivity contribution >= 4 is 127 Å². The second kappa shape index (κ2) is 25.8. The molecule has 0 radical (unpaired) electrons. The standard InChI is InChI=1S/C48H45Cl5N8O8/c1-5-68-39-11-7-9-31(24-50)43(39)56-45(64)29-13-16-34(52)37(22-29)58-60-41(26(3)62)47(66)54-33-15-18-36(28(21-33)19-20-49)55-48(67)42(27(4)63)61-59-38-23-30(14-17-35(38)53)46(65)57-44-32(25-51)10-8-12-40(44)69-6-2/h7-18,21-23,41-42H,5-6,19-20,24-25H2,1-4H3,(H,54,66)(H,55,67)(H,56,64)(H,57,65). The minimum absolute atomic E-state index is 0.00596. The van der Waals surface area contributed by atoms with Crippen molar-refractivity contribution < 1.29 is 38.2 Å². The Kier molecular flexibility index (Phi) is 20.0. The molecule has 0 fully saturated rings. The van der Waals surface area contributed by atoms with Gasteiger partial charge in [-0.3, -0.25) is 28.8 Å². The number of ether oxygens (including phenoxy) is 2. The molecule has 4 N–H and O–H groups in total. The van der Waals surface area contributed by atoms with Crippen LogP contribution in [-0.4, -0.2) is 66.4 Å². The normalized spacial score (nSPS) is 12.0. The molecule has 0 bridgehead atoms. The van der Waals surface area contributed by atoms with Crippen LogP contribution in [0, 0.1) is 0 Å². The zero-order chi connectivity index (χ0) is 50.2. The fourth-order valence-corrected chi connectivity index (χ4v) is 7.39. The number of benzene rings is 5. The Morgan fingerprint density at radius 1 is 0.565 bits per heavy atom. The van der Waals surface area contributed by atoms with Gasteiger partial charge in [-0.15, -0.1) is 34.8 Å². The Bertz CT molecular complexity index is 2810. The first kappa shape index (κ1) is 53.5. The van der Waals surface area contributed by atoms with Gasteiger partial charge in [0.05, 0.1) is 34.6 Å². The van der Waals surface area contributed by atoms with Crippen molar-refractivity contribution in [1.29, 1.82) is 0 Å². The summed E-state index contributed by atoms with van der Waals surface area (Å²) in [5.41, 5.74) is 3.25. The largest absolute Gasteiger partial charge is 0.492 e. The van der Waals surface area contributed by atoms with Gasteiger partial charge in [-0.25, -0.2) is 0 Å². The molecular formula is C48H45Cl5N8O8. The van der Waals surface area contributed by atoms with Crippen molar-refractivity contribution in [2.45, 2.75) is 58.0 Å². The molecule has 0 aliphatic heterocycles. The third kappa shape index (κ3) is 14.3. The number of carbonyl (C=O) groups is 6. The number of alkyl halides is 3. The first-order valence-electron chi connectivity index (χ1n) is 21.1. The summed E-state index contributed by atoms with van der Waals surface area (Å²) in [7, 11) is 0. The summed E-state index contributed by atoms with van der Waals surface area (Å²) in [6.07, 6.45) is 0.196. The second-order valence-electron chi connectivity index (χ2n) is 14.7. The highest BCUT2D eigenvalue weighted by Gasteiger charge is 2.27. The zero-order valence-electron chi connectivity index (χ0n) is 37.5. The third-order valence-electron chi connectivity index (χ3n) is 9.83. The molecule has 2 atom stereocenters. The Labute approximate surface area is 422 Å². The van der Waals surface area contributed by atoms with Crippen molar-refractivity contribution in [3.63, 3.8) is 0 Å². The number of ketones is 2. The van der Waals surface area contributed by atoms with Gasteiger partial charge < -0.3 is 30.7 Å². The maximum atomic E-state index is 13.6. The molecule has 5 aromatic carbocycles. The number of Topliss-reactive ketones (excluding diaryl/α,β-unsaturated/α-hetero) is 2. The summed E-state index contributed by atoms with van der Waals surface area (Å²) in [5, 5.41) is 27.2. The number of nitrogens with one attached hydrogen (secondary N) is 4. The molecule has 5 rings (SSSR count). The van der Waals surface area contributed by atoms with Gasteiger partial charge in [0, 0.05) is 40.1 Å². The first-order valence-corrected chi connectivity index (χ1v) is 23.4. The van der Waals surface area contributed by atoms with Crippen LogP contribution in [-0.2, 0) is 37.4 Å². The van der Waals surface area contributed by atoms with Gasteiger partial charge in [0.2, 0.25) is 12.1 Å². The summed E-state index contributed by atoms with van der Waals surface area (Å²) in [4.78, 5) is 79.3. The molecule has 5 aromatic rings. The summed E-state index contributed by atoms with van der Waals surface area (Å²) in [5.74, 6) is -2.90. The van der Waals surface area contributed by atoms with Gasteiger partial charge >= 0.3 is 0 Å². The highest BCUT2D eigenvalue weighted by Crippen LogP contribution is 2.34. The third-order valence-corrected chi connectivity index (χ3v) is 11.2. The lowest BCUT2D eigenvalue weighted by Crippen LogP contribution is -2.32. The van der Waals surface area contributed by atoms with E-state index in [0.29, 0.717) is 52.8 Å². The van der Waals surface area contributed by atoms with Gasteiger partial charge in [0.15, 0.2) is 11.6 Å². The van der Waals surface area contributed by atoms with Crippen LogP contribution in [0.1, 0.15) is 65.1 Å². The van der Waals surface area contributed by atoms with E-state index in [4.69, 9.17) is 67.5 Å². The minimum atomic E-state index is -1.64. The molecule has 0 spiro atoms. The number of hydrogen-bond acceptors (Lipinski definition) is 12. The summed E-state index contributed by atoms with van der Waals surface area (Å²) in [6, 6.07) is 20.0. The lowest BCUT2D eigenvalue weighted by Gasteiger charge is -2.16. The molecule has 360 valence electrons. The van der Waals surface area contributed by atoms with Gasteiger partial charge in [-0.2, -0.15) is 20.5 Å². The van der Waals surface area contributed by atoms with Crippen LogP contribution in [0.3, 0.4) is 0 Å². The Balaban J connectivity index is 1.29. The molecule has 0 aliphatic carbocycles. The van der Waals surface area contributed by atoms with E-state index in [2.05, 4.69) is 41.7 Å². The molecule has 16 nitrogen and oxygen atoms in total. The molecule has 69 heavy (non-hydrogen) atoms. The van der Waals surface area contributed by atoms with E-state index in [-0.39, 0.29) is 68.0 Å². The predicted octanol–water partition coefficient (Wildman–Crippen LogP) is 11.9. The summed E-state index contributed by atoms with van der Waals surface area (Å²) in [6.45, 7) is 6.63. The predicted molar refractivity (Wildman–Crippen MR) is 269 cm³/mol. The topological polar surface area (TPSA) is 218 Å². The van der Waals surface area contributed by atoms with E-state index >= 15 is 0 Å². The number of rotatable bonds is 22. The average Bonchev–Trinajstić information content (AvgIpc) is 3.32. The first-order chi connectivity index (χ1) is 33.1. The second-order valence-corrected chi connectivity index (χ2v) is 16.4. The minimum Gasteiger partial charge on any atom is -0.492 e. The quantitative estimate of drug-likeness (QED) is 0.0296.